The maximum atomic E-state index is 12.2. The molecule has 0 aliphatic rings. The Hall–Kier alpha value is -2.82. The first kappa shape index (κ1) is 19.5. The summed E-state index contributed by atoms with van der Waals surface area (Å²) in [5.74, 6) is -0.0341. The molecule has 26 heavy (non-hydrogen) atoms. The van der Waals surface area contributed by atoms with E-state index in [0.717, 1.165) is 30.6 Å². The van der Waals surface area contributed by atoms with Crippen molar-refractivity contribution >= 4 is 12.2 Å². The Morgan fingerprint density at radius 1 is 1.00 bits per heavy atom. The molecule has 0 amide bonds. The predicted molar refractivity (Wildman–Crippen MR) is 100 cm³/mol. The lowest BCUT2D eigenvalue weighted by atomic mass is 10.0. The summed E-state index contributed by atoms with van der Waals surface area (Å²) in [4.78, 5) is 12.2. The van der Waals surface area contributed by atoms with Crippen molar-refractivity contribution in [2.24, 2.45) is 11.1 Å². The van der Waals surface area contributed by atoms with Crippen molar-refractivity contribution in [2.75, 3.05) is 6.61 Å². The Morgan fingerprint density at radius 2 is 1.69 bits per heavy atom. The van der Waals surface area contributed by atoms with Crippen molar-refractivity contribution in [1.29, 1.82) is 0 Å². The molecule has 0 heterocycles. The second-order valence-corrected chi connectivity index (χ2v) is 5.98. The number of esters is 1. The summed E-state index contributed by atoms with van der Waals surface area (Å²) in [6.45, 7) is 0.863. The molecule has 2 aromatic carbocycles. The van der Waals surface area contributed by atoms with E-state index >= 15 is 0 Å². The van der Waals surface area contributed by atoms with E-state index in [0.29, 0.717) is 13.0 Å². The molecule has 0 saturated carbocycles. The summed E-state index contributed by atoms with van der Waals surface area (Å²) in [7, 11) is 0. The number of ether oxygens (including phenoxy) is 2. The zero-order valence-electron chi connectivity index (χ0n) is 14.8. The lowest BCUT2D eigenvalue weighted by Crippen LogP contribution is -2.19. The van der Waals surface area contributed by atoms with Crippen molar-refractivity contribution in [3.63, 3.8) is 0 Å². The Balaban J connectivity index is 1.64. The van der Waals surface area contributed by atoms with Gasteiger partial charge in [-0.3, -0.25) is 4.79 Å². The van der Waals surface area contributed by atoms with Gasteiger partial charge in [0, 0.05) is 0 Å². The summed E-state index contributed by atoms with van der Waals surface area (Å²) >= 11 is 0. The number of benzene rings is 2. The molecule has 2 aromatic rings. The number of carbonyl (C=O) groups is 1. The Morgan fingerprint density at radius 3 is 2.38 bits per heavy atom. The number of hydrogen-bond donors (Lipinski definition) is 1. The Labute approximate surface area is 154 Å². The van der Waals surface area contributed by atoms with Gasteiger partial charge in [-0.2, -0.15) is 0 Å². The number of carbonyl (C=O) groups excluding carboxylic acids is 1. The van der Waals surface area contributed by atoms with Gasteiger partial charge in [-0.15, -0.1) is 5.16 Å². The minimum Gasteiger partial charge on any atom is -0.494 e. The van der Waals surface area contributed by atoms with E-state index in [1.807, 2.05) is 60.7 Å². The van der Waals surface area contributed by atoms with Gasteiger partial charge in [0.15, 0.2) is 0 Å². The van der Waals surface area contributed by atoms with Crippen molar-refractivity contribution in [3.05, 3.63) is 66.2 Å². The molecule has 1 atom stereocenters. The highest BCUT2D eigenvalue weighted by molar-refractivity contribution is 5.89. The van der Waals surface area contributed by atoms with Gasteiger partial charge in [0.25, 0.3) is 0 Å². The van der Waals surface area contributed by atoms with Gasteiger partial charge in [0.1, 0.15) is 12.4 Å². The monoisotopic (exact) mass is 355 g/mol. The summed E-state index contributed by atoms with van der Waals surface area (Å²) < 4.78 is 11.0. The molecule has 2 rings (SSSR count). The molecule has 138 valence electrons. The number of nitrogens with zero attached hydrogens (tertiary/aromatic N) is 1. The number of rotatable bonds is 11. The summed E-state index contributed by atoms with van der Waals surface area (Å²) in [6.07, 6.45) is 4.48. The molecule has 5 heteroatoms. The van der Waals surface area contributed by atoms with E-state index in [9.17, 15) is 4.79 Å². The normalized spacial score (nSPS) is 12.0. The van der Waals surface area contributed by atoms with Crippen LogP contribution in [0.1, 0.15) is 31.2 Å². The van der Waals surface area contributed by atoms with Crippen LogP contribution in [-0.2, 0) is 16.1 Å². The van der Waals surface area contributed by atoms with Crippen LogP contribution < -0.4 is 4.74 Å². The molecule has 0 fully saturated rings. The van der Waals surface area contributed by atoms with Gasteiger partial charge in [-0.05, 0) is 30.5 Å². The molecule has 0 bridgehead atoms. The quantitative estimate of drug-likeness (QED) is 0.213. The van der Waals surface area contributed by atoms with Gasteiger partial charge in [0.05, 0.1) is 18.7 Å². The third-order valence-corrected chi connectivity index (χ3v) is 3.94. The second-order valence-electron chi connectivity index (χ2n) is 5.98. The average molecular weight is 355 g/mol. The number of para-hydroxylation sites is 1. The fraction of sp³-hybridized carbons (Fsp3) is 0.333. The number of hydrogen-bond acceptors (Lipinski definition) is 5. The highest BCUT2D eigenvalue weighted by atomic mass is 16.5. The molecule has 0 saturated heterocycles. The van der Waals surface area contributed by atoms with Gasteiger partial charge < -0.3 is 14.7 Å². The largest absolute Gasteiger partial charge is 0.494 e. The molecule has 0 aromatic heterocycles. The molecule has 0 aliphatic heterocycles. The van der Waals surface area contributed by atoms with Crippen LogP contribution in [0.4, 0.5) is 0 Å². The molecule has 0 radical (unpaired) electrons. The van der Waals surface area contributed by atoms with Crippen molar-refractivity contribution in [3.8, 4) is 5.75 Å². The van der Waals surface area contributed by atoms with Crippen molar-refractivity contribution < 1.29 is 19.5 Å². The van der Waals surface area contributed by atoms with Gasteiger partial charge in [-0.25, -0.2) is 0 Å². The van der Waals surface area contributed by atoms with Crippen molar-refractivity contribution in [1.82, 2.24) is 0 Å². The molecular weight excluding hydrogens is 330 g/mol. The first-order valence-corrected chi connectivity index (χ1v) is 8.85. The van der Waals surface area contributed by atoms with Gasteiger partial charge >= 0.3 is 5.97 Å². The first-order valence-electron chi connectivity index (χ1n) is 8.85. The van der Waals surface area contributed by atoms with Gasteiger partial charge in [-0.1, -0.05) is 61.4 Å². The highest BCUT2D eigenvalue weighted by Gasteiger charge is 2.18. The van der Waals surface area contributed by atoms with Gasteiger partial charge in [0.2, 0.25) is 0 Å². The highest BCUT2D eigenvalue weighted by Crippen LogP contribution is 2.13. The van der Waals surface area contributed by atoms with E-state index in [1.54, 1.807) is 0 Å². The fourth-order valence-corrected chi connectivity index (χ4v) is 2.52. The third-order valence-electron chi connectivity index (χ3n) is 3.94. The van der Waals surface area contributed by atoms with Crippen LogP contribution in [0.3, 0.4) is 0 Å². The first-order chi connectivity index (χ1) is 12.8. The maximum Gasteiger partial charge on any atom is 0.314 e. The zero-order valence-corrected chi connectivity index (χ0v) is 14.8. The summed E-state index contributed by atoms with van der Waals surface area (Å²) in [6, 6.07) is 19.2. The van der Waals surface area contributed by atoms with Crippen LogP contribution in [0, 0.1) is 5.92 Å². The molecule has 0 spiro atoms. The van der Waals surface area contributed by atoms with Crippen molar-refractivity contribution in [2.45, 2.75) is 32.3 Å². The molecular formula is C21H25NO4. The van der Waals surface area contributed by atoms with Crippen LogP contribution in [0.2, 0.25) is 0 Å². The topological polar surface area (TPSA) is 68.1 Å². The fourth-order valence-electron chi connectivity index (χ4n) is 2.52. The summed E-state index contributed by atoms with van der Waals surface area (Å²) in [5.41, 5.74) is 0.929. The van der Waals surface area contributed by atoms with E-state index in [4.69, 9.17) is 14.7 Å². The van der Waals surface area contributed by atoms with Crippen LogP contribution in [0.15, 0.2) is 65.8 Å². The predicted octanol–water partition coefficient (Wildman–Crippen LogP) is 4.45. The SMILES string of the molecule is O=C(OCc1ccccc1)C(/C=N\O)CCCCCOc1ccccc1. The number of unbranched alkanes of at least 4 members (excludes halogenated alkanes) is 2. The second kappa shape index (κ2) is 11.7. The van der Waals surface area contributed by atoms with E-state index in [1.165, 1.54) is 6.21 Å². The summed E-state index contributed by atoms with van der Waals surface area (Å²) in [5, 5.41) is 11.8. The van der Waals surface area contributed by atoms with Crippen LogP contribution in [0.25, 0.3) is 0 Å². The lowest BCUT2D eigenvalue weighted by molar-refractivity contribution is -0.147. The third kappa shape index (κ3) is 7.38. The molecule has 1 unspecified atom stereocenters. The zero-order chi connectivity index (χ0) is 18.5. The van der Waals surface area contributed by atoms with E-state index in [2.05, 4.69) is 5.16 Å². The van der Waals surface area contributed by atoms with Crippen LogP contribution in [-0.4, -0.2) is 24.0 Å². The van der Waals surface area contributed by atoms with Crippen LogP contribution >= 0.6 is 0 Å². The Kier molecular flexibility index (Phi) is 8.77. The number of oxime groups is 1. The minimum atomic E-state index is -0.529. The van der Waals surface area contributed by atoms with Crippen LogP contribution in [0.5, 0.6) is 5.75 Å². The maximum absolute atomic E-state index is 12.2. The van der Waals surface area contributed by atoms with E-state index in [-0.39, 0.29) is 12.6 Å². The molecule has 0 aliphatic carbocycles. The smallest absolute Gasteiger partial charge is 0.314 e. The molecule has 5 nitrogen and oxygen atoms in total. The Bertz CT molecular complexity index is 658. The average Bonchev–Trinajstić information content (AvgIpc) is 2.69. The van der Waals surface area contributed by atoms with E-state index < -0.39 is 5.92 Å². The molecule has 1 N–H and O–H groups in total. The minimum absolute atomic E-state index is 0.223. The standard InChI is InChI=1S/C21H25NO4/c23-21(26-17-18-10-4-1-5-11-18)19(16-22-24)12-6-3-9-15-25-20-13-7-2-8-14-20/h1-2,4-5,7-8,10-11,13-14,16,19,24H,3,6,9,12,15,17H2/b22-16-. The lowest BCUT2D eigenvalue weighted by Gasteiger charge is -2.12.